The van der Waals surface area contributed by atoms with Gasteiger partial charge in [-0.15, -0.1) is 0 Å². The number of likely N-dealkylation sites (N-methyl/N-ethyl adjacent to an activating group) is 1. The van der Waals surface area contributed by atoms with E-state index in [0.29, 0.717) is 6.54 Å². The van der Waals surface area contributed by atoms with Crippen molar-refractivity contribution in [3.05, 3.63) is 22.7 Å². The molecule has 1 saturated heterocycles. The van der Waals surface area contributed by atoms with Crippen molar-refractivity contribution in [2.24, 2.45) is 0 Å². The van der Waals surface area contributed by atoms with E-state index in [-0.39, 0.29) is 16.6 Å². The van der Waals surface area contributed by atoms with E-state index in [1.165, 1.54) is 6.07 Å². The zero-order chi connectivity index (χ0) is 14.8. The van der Waals surface area contributed by atoms with E-state index in [1.807, 2.05) is 0 Å². The van der Waals surface area contributed by atoms with E-state index in [2.05, 4.69) is 32.5 Å². The minimum absolute atomic E-state index is 0.141. The van der Waals surface area contributed by atoms with Crippen LogP contribution in [0.2, 0.25) is 0 Å². The molecule has 1 aliphatic heterocycles. The summed E-state index contributed by atoms with van der Waals surface area (Å²) in [6.07, 6.45) is 2.16. The molecule has 112 valence electrons. The van der Waals surface area contributed by atoms with Gasteiger partial charge in [-0.2, -0.15) is 0 Å². The molecule has 7 heteroatoms. The molecule has 5 nitrogen and oxygen atoms in total. The van der Waals surface area contributed by atoms with Gasteiger partial charge in [0.1, 0.15) is 4.90 Å². The number of sulfonamides is 1. The monoisotopic (exact) mass is 361 g/mol. The van der Waals surface area contributed by atoms with Crippen LogP contribution in [0, 0.1) is 0 Å². The summed E-state index contributed by atoms with van der Waals surface area (Å²) in [5.74, 6) is 0. The number of halogens is 1. The normalized spacial score (nSPS) is 20.4. The molecule has 1 aliphatic rings. The Bertz CT molecular complexity index is 577. The first kappa shape index (κ1) is 15.8. The summed E-state index contributed by atoms with van der Waals surface area (Å²) in [6.45, 7) is 4.53. The average molecular weight is 362 g/mol. The molecule has 0 spiro atoms. The number of hydrogen-bond donors (Lipinski definition) is 2. The van der Waals surface area contributed by atoms with Gasteiger partial charge in [0.25, 0.3) is 0 Å². The summed E-state index contributed by atoms with van der Waals surface area (Å²) in [5.41, 5.74) is 6.04. The fourth-order valence-corrected chi connectivity index (χ4v) is 4.15. The standard InChI is InChI=1S/C13H20BrN3O2S/c1-2-17-7-3-4-11(17)9-16-20(18,19)13-6-5-10(14)8-12(13)15/h5-6,8,11,16H,2-4,7,9,15H2,1H3. The van der Waals surface area contributed by atoms with E-state index >= 15 is 0 Å². The topological polar surface area (TPSA) is 75.4 Å². The Hall–Kier alpha value is -0.630. The van der Waals surface area contributed by atoms with Crippen molar-refractivity contribution in [1.29, 1.82) is 0 Å². The van der Waals surface area contributed by atoms with Crippen molar-refractivity contribution in [2.45, 2.75) is 30.7 Å². The Morgan fingerprint density at radius 3 is 2.90 bits per heavy atom. The number of nitrogens with one attached hydrogen (secondary N) is 1. The second-order valence-corrected chi connectivity index (χ2v) is 7.61. The van der Waals surface area contributed by atoms with E-state index in [9.17, 15) is 8.42 Å². The third-order valence-electron chi connectivity index (χ3n) is 3.68. The summed E-state index contributed by atoms with van der Waals surface area (Å²) >= 11 is 3.27. The van der Waals surface area contributed by atoms with Crippen molar-refractivity contribution in [3.8, 4) is 0 Å². The number of nitrogen functional groups attached to an aromatic ring is 1. The van der Waals surface area contributed by atoms with Crippen LogP contribution in [-0.4, -0.2) is 39.0 Å². The Morgan fingerprint density at radius 1 is 1.50 bits per heavy atom. The molecule has 0 aliphatic carbocycles. The van der Waals surface area contributed by atoms with Crippen LogP contribution in [-0.2, 0) is 10.0 Å². The lowest BCUT2D eigenvalue weighted by molar-refractivity contribution is 0.268. The largest absolute Gasteiger partial charge is 0.398 e. The van der Waals surface area contributed by atoms with Crippen molar-refractivity contribution in [1.82, 2.24) is 9.62 Å². The maximum absolute atomic E-state index is 12.3. The molecule has 1 aromatic rings. The lowest BCUT2D eigenvalue weighted by Crippen LogP contribution is -2.40. The fourth-order valence-electron chi connectivity index (χ4n) is 2.59. The molecule has 20 heavy (non-hydrogen) atoms. The van der Waals surface area contributed by atoms with Crippen LogP contribution < -0.4 is 10.5 Å². The van der Waals surface area contributed by atoms with Crippen LogP contribution in [0.25, 0.3) is 0 Å². The first-order valence-corrected chi connectivity index (χ1v) is 9.00. The van der Waals surface area contributed by atoms with Crippen LogP contribution in [0.3, 0.4) is 0 Å². The van der Waals surface area contributed by atoms with Gasteiger partial charge < -0.3 is 5.73 Å². The summed E-state index contributed by atoms with van der Waals surface area (Å²) in [5, 5.41) is 0. The molecule has 0 amide bonds. The van der Waals surface area contributed by atoms with Crippen molar-refractivity contribution < 1.29 is 8.42 Å². The van der Waals surface area contributed by atoms with Crippen molar-refractivity contribution in [3.63, 3.8) is 0 Å². The van der Waals surface area contributed by atoms with Crippen LogP contribution in [0.4, 0.5) is 5.69 Å². The maximum atomic E-state index is 12.3. The number of nitrogens with two attached hydrogens (primary N) is 1. The van der Waals surface area contributed by atoms with E-state index in [0.717, 1.165) is 30.4 Å². The van der Waals surface area contributed by atoms with Gasteiger partial charge in [-0.3, -0.25) is 4.90 Å². The molecular weight excluding hydrogens is 342 g/mol. The molecule has 3 N–H and O–H groups in total. The van der Waals surface area contributed by atoms with Crippen LogP contribution in [0.5, 0.6) is 0 Å². The molecule has 1 unspecified atom stereocenters. The summed E-state index contributed by atoms with van der Waals surface area (Å²) < 4.78 is 28.0. The summed E-state index contributed by atoms with van der Waals surface area (Å²) in [4.78, 5) is 2.44. The molecule has 1 aromatic carbocycles. The van der Waals surface area contributed by atoms with Crippen LogP contribution in [0.15, 0.2) is 27.6 Å². The smallest absolute Gasteiger partial charge is 0.242 e. The number of hydrogen-bond acceptors (Lipinski definition) is 4. The predicted octanol–water partition coefficient (Wildman–Crippen LogP) is 1.79. The third kappa shape index (κ3) is 3.52. The van der Waals surface area contributed by atoms with Crippen LogP contribution in [0.1, 0.15) is 19.8 Å². The summed E-state index contributed by atoms with van der Waals surface area (Å²) in [6, 6.07) is 5.08. The van der Waals surface area contributed by atoms with Gasteiger partial charge in [0.15, 0.2) is 0 Å². The summed E-state index contributed by atoms with van der Waals surface area (Å²) in [7, 11) is -3.55. The SMILES string of the molecule is CCN1CCCC1CNS(=O)(=O)c1ccc(Br)cc1N. The second kappa shape index (κ2) is 6.43. The lowest BCUT2D eigenvalue weighted by atomic mass is 10.2. The molecular formula is C13H20BrN3O2S. The Labute approximate surface area is 128 Å². The maximum Gasteiger partial charge on any atom is 0.242 e. The first-order chi connectivity index (χ1) is 9.44. The van der Waals surface area contributed by atoms with Gasteiger partial charge >= 0.3 is 0 Å². The molecule has 2 rings (SSSR count). The van der Waals surface area contributed by atoms with Gasteiger partial charge in [-0.1, -0.05) is 22.9 Å². The average Bonchev–Trinajstić information content (AvgIpc) is 2.83. The van der Waals surface area contributed by atoms with Gasteiger partial charge in [-0.05, 0) is 44.1 Å². The molecule has 0 saturated carbocycles. The Kier molecular flexibility index (Phi) is 5.06. The molecule has 0 bridgehead atoms. The van der Waals surface area contributed by atoms with Gasteiger partial charge in [0.2, 0.25) is 10.0 Å². The predicted molar refractivity (Wildman–Crippen MR) is 84.0 cm³/mol. The van der Waals surface area contributed by atoms with Crippen molar-refractivity contribution in [2.75, 3.05) is 25.4 Å². The Morgan fingerprint density at radius 2 is 2.25 bits per heavy atom. The van der Waals surface area contributed by atoms with Crippen LogP contribution >= 0.6 is 15.9 Å². The van der Waals surface area contributed by atoms with Gasteiger partial charge in [0.05, 0.1) is 5.69 Å². The molecule has 1 fully saturated rings. The Balaban J connectivity index is 2.07. The van der Waals surface area contributed by atoms with Crippen molar-refractivity contribution >= 4 is 31.6 Å². The highest BCUT2D eigenvalue weighted by molar-refractivity contribution is 9.10. The fraction of sp³-hybridized carbons (Fsp3) is 0.538. The molecule has 0 aromatic heterocycles. The third-order valence-corrected chi connectivity index (χ3v) is 5.67. The zero-order valence-electron chi connectivity index (χ0n) is 11.5. The van der Waals surface area contributed by atoms with Gasteiger partial charge in [-0.25, -0.2) is 13.1 Å². The number of nitrogens with zero attached hydrogens (tertiary/aromatic N) is 1. The number of anilines is 1. The number of likely N-dealkylation sites (tertiary alicyclic amines) is 1. The van der Waals surface area contributed by atoms with E-state index in [4.69, 9.17) is 5.73 Å². The van der Waals surface area contributed by atoms with E-state index in [1.54, 1.807) is 12.1 Å². The molecule has 0 radical (unpaired) electrons. The minimum Gasteiger partial charge on any atom is -0.398 e. The highest BCUT2D eigenvalue weighted by Gasteiger charge is 2.25. The number of benzene rings is 1. The van der Waals surface area contributed by atoms with Gasteiger partial charge in [0, 0.05) is 17.1 Å². The highest BCUT2D eigenvalue weighted by atomic mass is 79.9. The molecule has 1 heterocycles. The minimum atomic E-state index is -3.55. The second-order valence-electron chi connectivity index (χ2n) is 4.96. The lowest BCUT2D eigenvalue weighted by Gasteiger charge is -2.23. The van der Waals surface area contributed by atoms with E-state index < -0.39 is 10.0 Å². The highest BCUT2D eigenvalue weighted by Crippen LogP contribution is 2.23. The zero-order valence-corrected chi connectivity index (χ0v) is 13.9. The molecule has 1 atom stereocenters. The number of rotatable bonds is 5. The first-order valence-electron chi connectivity index (χ1n) is 6.73. The quantitative estimate of drug-likeness (QED) is 0.784.